The van der Waals surface area contributed by atoms with Crippen LogP contribution in [0.3, 0.4) is 0 Å². The lowest BCUT2D eigenvalue weighted by Gasteiger charge is -2.30. The van der Waals surface area contributed by atoms with Crippen LogP contribution in [0.5, 0.6) is 0 Å². The lowest BCUT2D eigenvalue weighted by Crippen LogP contribution is -2.57. The first-order valence-corrected chi connectivity index (χ1v) is 10.8. The van der Waals surface area contributed by atoms with Crippen molar-refractivity contribution in [2.75, 3.05) is 24.5 Å². The van der Waals surface area contributed by atoms with E-state index in [9.17, 15) is 14.4 Å². The summed E-state index contributed by atoms with van der Waals surface area (Å²) in [6.45, 7) is 3.03. The zero-order chi connectivity index (χ0) is 19.7. The van der Waals surface area contributed by atoms with Crippen molar-refractivity contribution in [1.82, 2.24) is 4.90 Å². The van der Waals surface area contributed by atoms with E-state index in [2.05, 4.69) is 0 Å². The predicted octanol–water partition coefficient (Wildman–Crippen LogP) is 2.81. The first-order valence-electron chi connectivity index (χ1n) is 9.82. The molecule has 0 saturated heterocycles. The van der Waals surface area contributed by atoms with Crippen molar-refractivity contribution in [2.24, 2.45) is 0 Å². The van der Waals surface area contributed by atoms with E-state index in [-0.39, 0.29) is 24.4 Å². The summed E-state index contributed by atoms with van der Waals surface area (Å²) in [5.41, 5.74) is 2.72. The maximum Gasteiger partial charge on any atom is 0.501 e. The van der Waals surface area contributed by atoms with Crippen LogP contribution in [0.25, 0.3) is 0 Å². The second-order valence-electron chi connectivity index (χ2n) is 7.23. The number of hydrogen-bond acceptors (Lipinski definition) is 4. The predicted molar refractivity (Wildman–Crippen MR) is 110 cm³/mol. The van der Waals surface area contributed by atoms with Crippen LogP contribution in [-0.2, 0) is 16.0 Å². The summed E-state index contributed by atoms with van der Waals surface area (Å²) in [4.78, 5) is 42.0. The summed E-state index contributed by atoms with van der Waals surface area (Å²) in [5, 5.41) is 1.42. The Balaban J connectivity index is 1.62. The Labute approximate surface area is 168 Å². The number of unbranched alkanes of at least 4 members (excludes halogenated alkanes) is 1. The Bertz CT molecular complexity index is 893. The normalized spacial score (nSPS) is 21.2. The van der Waals surface area contributed by atoms with Gasteiger partial charge in [0.25, 0.3) is 5.91 Å². The molecule has 0 aliphatic carbocycles. The number of benzene rings is 1. The van der Waals surface area contributed by atoms with Crippen molar-refractivity contribution >= 4 is 41.0 Å². The van der Waals surface area contributed by atoms with Gasteiger partial charge in [-0.15, -0.1) is 11.8 Å². The number of para-hydroxylation sites is 1. The minimum Gasteiger partial charge on any atom is -0.309 e. The van der Waals surface area contributed by atoms with Crippen molar-refractivity contribution in [1.29, 1.82) is 0 Å². The molecule has 1 atom stereocenters. The quantitative estimate of drug-likeness (QED) is 0.716. The van der Waals surface area contributed by atoms with Crippen LogP contribution in [0.1, 0.15) is 31.7 Å². The number of amides is 4. The van der Waals surface area contributed by atoms with Gasteiger partial charge in [-0.05, 0) is 42.4 Å². The number of imide groups is 1. The van der Waals surface area contributed by atoms with E-state index in [0.717, 1.165) is 36.9 Å². The van der Waals surface area contributed by atoms with Crippen molar-refractivity contribution in [3.63, 3.8) is 0 Å². The number of urea groups is 1. The zero-order valence-corrected chi connectivity index (χ0v) is 16.8. The molecule has 0 fully saturated rings. The average molecular weight is 399 g/mol. The maximum atomic E-state index is 13.1. The van der Waals surface area contributed by atoms with Gasteiger partial charge in [0.15, 0.2) is 11.8 Å². The van der Waals surface area contributed by atoms with Gasteiger partial charge in [0, 0.05) is 12.2 Å². The Hall–Kier alpha value is -2.41. The van der Waals surface area contributed by atoms with Crippen LogP contribution < -0.4 is 4.90 Å². The molecule has 146 valence electrons. The molecule has 4 amide bonds. The third-order valence-corrected chi connectivity index (χ3v) is 6.43. The third-order valence-electron chi connectivity index (χ3n) is 5.43. The Kier molecular flexibility index (Phi) is 5.35. The second kappa shape index (κ2) is 7.91. The third kappa shape index (κ3) is 3.28. The lowest BCUT2D eigenvalue weighted by atomic mass is 10.0. The molecule has 1 aromatic rings. The van der Waals surface area contributed by atoms with Crippen LogP contribution in [0.4, 0.5) is 10.5 Å². The Morgan fingerprint density at radius 2 is 2.11 bits per heavy atom. The van der Waals surface area contributed by atoms with Gasteiger partial charge >= 0.3 is 11.9 Å². The van der Waals surface area contributed by atoms with E-state index >= 15 is 0 Å². The number of thioether (sulfide) groups is 1. The highest BCUT2D eigenvalue weighted by Crippen LogP contribution is 2.29. The van der Waals surface area contributed by atoms with Gasteiger partial charge in [0.05, 0.1) is 6.54 Å². The molecule has 6 nitrogen and oxygen atoms in total. The summed E-state index contributed by atoms with van der Waals surface area (Å²) in [6.07, 6.45) is 5.32. The zero-order valence-electron chi connectivity index (χ0n) is 16.0. The molecule has 7 heteroatoms. The molecular formula is C21H24N3O3S+. The fraction of sp³-hybridized carbons (Fsp3) is 0.429. The number of allylic oxidation sites excluding steroid dienone is 1. The molecule has 1 aromatic carbocycles. The van der Waals surface area contributed by atoms with Crippen LogP contribution in [0.2, 0.25) is 0 Å². The van der Waals surface area contributed by atoms with Crippen molar-refractivity contribution < 1.29 is 19.0 Å². The van der Waals surface area contributed by atoms with E-state index in [1.54, 1.807) is 11.0 Å². The molecule has 0 spiro atoms. The molecule has 3 heterocycles. The highest BCUT2D eigenvalue weighted by Gasteiger charge is 2.49. The molecule has 28 heavy (non-hydrogen) atoms. The first-order chi connectivity index (χ1) is 13.6. The fourth-order valence-electron chi connectivity index (χ4n) is 3.95. The second-order valence-corrected chi connectivity index (χ2v) is 8.25. The van der Waals surface area contributed by atoms with Gasteiger partial charge in [-0.1, -0.05) is 31.5 Å². The molecule has 0 bridgehead atoms. The highest BCUT2D eigenvalue weighted by atomic mass is 32.2. The fourth-order valence-corrected chi connectivity index (χ4v) is 4.91. The maximum absolute atomic E-state index is 13.1. The lowest BCUT2D eigenvalue weighted by molar-refractivity contribution is -0.426. The highest BCUT2D eigenvalue weighted by molar-refractivity contribution is 8.04. The van der Waals surface area contributed by atoms with E-state index in [1.807, 2.05) is 36.6 Å². The van der Waals surface area contributed by atoms with Gasteiger partial charge in [0.1, 0.15) is 5.71 Å². The van der Waals surface area contributed by atoms with Gasteiger partial charge in [-0.2, -0.15) is 14.3 Å². The standard InChI is InChI=1S/C21H24N3O3S/c1-2-3-11-23-20(26)19-17(10-13-28-19)24(21(23)27)14-18(25)22-12-6-8-15-7-4-5-9-16(15)22/h4-5,7,9-10,13,19H,2-3,6,8,11-12,14H2,1H3/q+1. The molecule has 0 N–H and O–H groups in total. The first kappa shape index (κ1) is 18.9. The van der Waals surface area contributed by atoms with E-state index in [4.69, 9.17) is 0 Å². The van der Waals surface area contributed by atoms with Crippen LogP contribution >= 0.6 is 11.8 Å². The average Bonchev–Trinajstić information content (AvgIpc) is 3.20. The summed E-state index contributed by atoms with van der Waals surface area (Å²) in [6, 6.07) is 7.55. The van der Waals surface area contributed by atoms with Gasteiger partial charge in [-0.3, -0.25) is 4.79 Å². The number of hydrogen-bond donors (Lipinski definition) is 0. The molecule has 0 saturated carbocycles. The number of rotatable bonds is 5. The van der Waals surface area contributed by atoms with Crippen LogP contribution in [-0.4, -0.2) is 57.9 Å². The topological polar surface area (TPSA) is 60.7 Å². The van der Waals surface area contributed by atoms with Crippen LogP contribution in [0, 0.1) is 0 Å². The number of anilines is 1. The van der Waals surface area contributed by atoms with Crippen molar-refractivity contribution in [3.8, 4) is 0 Å². The number of nitrogens with zero attached hydrogens (tertiary/aromatic N) is 3. The van der Waals surface area contributed by atoms with Gasteiger partial charge < -0.3 is 4.90 Å². The summed E-state index contributed by atoms with van der Waals surface area (Å²) in [5.74, 6) is -0.280. The molecule has 0 radical (unpaired) electrons. The molecular weight excluding hydrogens is 374 g/mol. The van der Waals surface area contributed by atoms with E-state index < -0.39 is 5.25 Å². The minimum atomic E-state index is -0.420. The van der Waals surface area contributed by atoms with Gasteiger partial charge in [0.2, 0.25) is 0 Å². The monoisotopic (exact) mass is 398 g/mol. The van der Waals surface area contributed by atoms with E-state index in [1.165, 1.54) is 21.2 Å². The van der Waals surface area contributed by atoms with Crippen molar-refractivity contribution in [3.05, 3.63) is 41.3 Å². The molecule has 3 aliphatic rings. The molecule has 4 rings (SSSR count). The largest absolute Gasteiger partial charge is 0.501 e. The Morgan fingerprint density at radius 3 is 2.93 bits per heavy atom. The summed E-state index contributed by atoms with van der Waals surface area (Å²) in [7, 11) is 0. The number of fused-ring (bicyclic) bond motifs is 2. The van der Waals surface area contributed by atoms with E-state index in [0.29, 0.717) is 18.8 Å². The molecule has 3 aliphatic heterocycles. The number of carbonyl (C=O) groups is 3. The van der Waals surface area contributed by atoms with Gasteiger partial charge in [-0.25, -0.2) is 4.79 Å². The smallest absolute Gasteiger partial charge is 0.309 e. The minimum absolute atomic E-state index is 0.0419. The summed E-state index contributed by atoms with van der Waals surface area (Å²) < 4.78 is 1.50. The van der Waals surface area contributed by atoms with Crippen molar-refractivity contribution in [2.45, 2.75) is 37.9 Å². The number of carbonyl (C=O) groups excluding carboxylic acids is 3. The SMILES string of the molecule is CCCCN1C(=O)C2SC=CC2=[N+](CC(=O)N2CCCc3ccccc32)C1=O. The molecule has 1 unspecified atom stereocenters. The van der Waals surface area contributed by atoms with Crippen LogP contribution in [0.15, 0.2) is 35.7 Å². The summed E-state index contributed by atoms with van der Waals surface area (Å²) >= 11 is 1.40. The number of aryl methyl sites for hydroxylation is 1. The Morgan fingerprint density at radius 1 is 1.29 bits per heavy atom. The molecule has 0 aromatic heterocycles.